The fraction of sp³-hybridized carbons (Fsp3) is 0.0952. The fourth-order valence-corrected chi connectivity index (χ4v) is 3.37. The Labute approximate surface area is 154 Å². The van der Waals surface area contributed by atoms with Crippen molar-refractivity contribution in [2.75, 3.05) is 0 Å². The summed E-state index contributed by atoms with van der Waals surface area (Å²) in [4.78, 5) is 2.56. The Hall–Kier alpha value is -2.92. The third kappa shape index (κ3) is 4.18. The standard InChI is InChI=1S/C21H20N2O2S/c1-16-11-13-20(14-12-16)26(24,25)23-22-21(18-8-4-3-5-9-18)19-10-6-7-17(2)15-19/h3-15,23H,1-2H3. The summed E-state index contributed by atoms with van der Waals surface area (Å²) >= 11 is 0. The van der Waals surface area contributed by atoms with Gasteiger partial charge in [0.15, 0.2) is 0 Å². The molecule has 0 aliphatic rings. The molecule has 0 bridgehead atoms. The molecule has 0 fully saturated rings. The van der Waals surface area contributed by atoms with E-state index in [4.69, 9.17) is 0 Å². The first-order valence-electron chi connectivity index (χ1n) is 8.24. The van der Waals surface area contributed by atoms with Gasteiger partial charge in [0, 0.05) is 11.1 Å². The minimum atomic E-state index is -3.74. The molecule has 4 nitrogen and oxygen atoms in total. The van der Waals surface area contributed by atoms with Crippen molar-refractivity contribution in [2.24, 2.45) is 5.10 Å². The van der Waals surface area contributed by atoms with Crippen LogP contribution >= 0.6 is 0 Å². The Kier molecular flexibility index (Phi) is 5.19. The summed E-state index contributed by atoms with van der Waals surface area (Å²) in [6, 6.07) is 24.0. The van der Waals surface area contributed by atoms with Crippen LogP contribution in [0.25, 0.3) is 0 Å². The maximum Gasteiger partial charge on any atom is 0.276 e. The maximum absolute atomic E-state index is 12.6. The monoisotopic (exact) mass is 364 g/mol. The first kappa shape index (κ1) is 17.9. The van der Waals surface area contributed by atoms with E-state index in [0.29, 0.717) is 5.71 Å². The molecule has 0 saturated heterocycles. The van der Waals surface area contributed by atoms with Crippen LogP contribution < -0.4 is 4.83 Å². The number of rotatable bonds is 5. The van der Waals surface area contributed by atoms with Crippen molar-refractivity contribution in [3.63, 3.8) is 0 Å². The minimum Gasteiger partial charge on any atom is -0.200 e. The van der Waals surface area contributed by atoms with Crippen LogP contribution in [0.2, 0.25) is 0 Å². The topological polar surface area (TPSA) is 58.5 Å². The number of nitrogens with one attached hydrogen (secondary N) is 1. The van der Waals surface area contributed by atoms with E-state index in [1.807, 2.05) is 68.4 Å². The zero-order valence-corrected chi connectivity index (χ0v) is 15.5. The predicted molar refractivity (Wildman–Crippen MR) is 105 cm³/mol. The zero-order chi connectivity index (χ0) is 18.6. The Morgan fingerprint density at radius 1 is 0.769 bits per heavy atom. The molecule has 0 unspecified atom stereocenters. The molecule has 0 heterocycles. The summed E-state index contributed by atoms with van der Waals surface area (Å²) in [6.07, 6.45) is 0. The van der Waals surface area contributed by atoms with Gasteiger partial charge < -0.3 is 0 Å². The molecular weight excluding hydrogens is 344 g/mol. The van der Waals surface area contributed by atoms with E-state index in [-0.39, 0.29) is 4.90 Å². The van der Waals surface area contributed by atoms with Crippen molar-refractivity contribution in [1.29, 1.82) is 0 Å². The van der Waals surface area contributed by atoms with Crippen LogP contribution in [0.3, 0.4) is 0 Å². The van der Waals surface area contributed by atoms with Gasteiger partial charge in [-0.2, -0.15) is 18.4 Å². The molecule has 3 aromatic carbocycles. The van der Waals surface area contributed by atoms with Crippen molar-refractivity contribution in [1.82, 2.24) is 4.83 Å². The van der Waals surface area contributed by atoms with Crippen molar-refractivity contribution in [3.8, 4) is 0 Å². The van der Waals surface area contributed by atoms with Crippen molar-refractivity contribution >= 4 is 15.7 Å². The van der Waals surface area contributed by atoms with Crippen LogP contribution in [-0.4, -0.2) is 14.1 Å². The second-order valence-electron chi connectivity index (χ2n) is 6.10. The molecule has 0 aliphatic carbocycles. The second-order valence-corrected chi connectivity index (χ2v) is 7.76. The van der Waals surface area contributed by atoms with Gasteiger partial charge in [-0.25, -0.2) is 0 Å². The van der Waals surface area contributed by atoms with E-state index in [9.17, 15) is 8.42 Å². The number of hydrogen-bond donors (Lipinski definition) is 1. The van der Waals surface area contributed by atoms with E-state index < -0.39 is 10.0 Å². The molecule has 0 aliphatic heterocycles. The van der Waals surface area contributed by atoms with E-state index in [2.05, 4.69) is 9.93 Å². The molecule has 1 N–H and O–H groups in total. The van der Waals surface area contributed by atoms with Crippen molar-refractivity contribution in [2.45, 2.75) is 18.7 Å². The molecule has 0 aromatic heterocycles. The molecule has 3 rings (SSSR count). The van der Waals surface area contributed by atoms with Crippen LogP contribution in [0.4, 0.5) is 0 Å². The van der Waals surface area contributed by atoms with E-state index >= 15 is 0 Å². The van der Waals surface area contributed by atoms with Gasteiger partial charge in [0.25, 0.3) is 10.0 Å². The molecule has 0 atom stereocenters. The zero-order valence-electron chi connectivity index (χ0n) is 14.7. The van der Waals surface area contributed by atoms with E-state index in [1.54, 1.807) is 24.3 Å². The molecule has 0 spiro atoms. The third-order valence-corrected chi connectivity index (χ3v) is 5.17. The smallest absolute Gasteiger partial charge is 0.200 e. The molecule has 0 amide bonds. The van der Waals surface area contributed by atoms with Gasteiger partial charge in [-0.3, -0.25) is 0 Å². The molecule has 0 saturated carbocycles. The Morgan fingerprint density at radius 2 is 1.42 bits per heavy atom. The number of benzene rings is 3. The molecular formula is C21H20N2O2S. The van der Waals surface area contributed by atoms with Crippen LogP contribution in [-0.2, 0) is 10.0 Å². The Bertz CT molecular complexity index is 1030. The number of hydrogen-bond acceptors (Lipinski definition) is 3. The highest BCUT2D eigenvalue weighted by molar-refractivity contribution is 7.89. The lowest BCUT2D eigenvalue weighted by Crippen LogP contribution is -2.21. The van der Waals surface area contributed by atoms with Gasteiger partial charge in [-0.15, -0.1) is 0 Å². The summed E-state index contributed by atoms with van der Waals surface area (Å²) in [6.45, 7) is 3.90. The largest absolute Gasteiger partial charge is 0.276 e. The highest BCUT2D eigenvalue weighted by atomic mass is 32.2. The first-order valence-corrected chi connectivity index (χ1v) is 9.73. The van der Waals surface area contributed by atoms with Crippen molar-refractivity contribution in [3.05, 3.63) is 101 Å². The number of sulfonamides is 1. The number of aryl methyl sites for hydroxylation is 2. The third-order valence-electron chi connectivity index (χ3n) is 3.95. The predicted octanol–water partition coefficient (Wildman–Crippen LogP) is 4.03. The van der Waals surface area contributed by atoms with Crippen LogP contribution in [0.5, 0.6) is 0 Å². The molecule has 3 aromatic rings. The number of hydrazone groups is 1. The highest BCUT2D eigenvalue weighted by Gasteiger charge is 2.14. The Balaban J connectivity index is 2.00. The van der Waals surface area contributed by atoms with Gasteiger partial charge in [0.2, 0.25) is 0 Å². The SMILES string of the molecule is Cc1ccc(S(=O)(=O)NN=C(c2ccccc2)c2cccc(C)c2)cc1. The summed E-state index contributed by atoms with van der Waals surface area (Å²) in [5, 5.41) is 4.25. The van der Waals surface area contributed by atoms with Crippen molar-refractivity contribution < 1.29 is 8.42 Å². The molecule has 5 heteroatoms. The lowest BCUT2D eigenvalue weighted by Gasteiger charge is -2.10. The highest BCUT2D eigenvalue weighted by Crippen LogP contribution is 2.14. The minimum absolute atomic E-state index is 0.184. The average molecular weight is 364 g/mol. The lowest BCUT2D eigenvalue weighted by molar-refractivity contribution is 0.584. The normalized spacial score (nSPS) is 12.0. The van der Waals surface area contributed by atoms with Gasteiger partial charge >= 0.3 is 0 Å². The summed E-state index contributed by atoms with van der Waals surface area (Å²) in [7, 11) is -3.74. The summed E-state index contributed by atoms with van der Waals surface area (Å²) < 4.78 is 25.1. The van der Waals surface area contributed by atoms with Crippen LogP contribution in [0.1, 0.15) is 22.3 Å². The van der Waals surface area contributed by atoms with Crippen LogP contribution in [0, 0.1) is 13.8 Å². The van der Waals surface area contributed by atoms with Gasteiger partial charge in [0.05, 0.1) is 10.6 Å². The first-order chi connectivity index (χ1) is 12.5. The second kappa shape index (κ2) is 7.54. The van der Waals surface area contributed by atoms with Crippen LogP contribution in [0.15, 0.2) is 88.9 Å². The fourth-order valence-electron chi connectivity index (χ4n) is 2.56. The quantitative estimate of drug-likeness (QED) is 0.549. The molecule has 0 radical (unpaired) electrons. The maximum atomic E-state index is 12.6. The molecule has 26 heavy (non-hydrogen) atoms. The summed E-state index contributed by atoms with van der Waals surface area (Å²) in [5.41, 5.74) is 4.34. The van der Waals surface area contributed by atoms with Gasteiger partial charge in [-0.05, 0) is 32.0 Å². The van der Waals surface area contributed by atoms with E-state index in [1.165, 1.54) is 0 Å². The van der Waals surface area contributed by atoms with E-state index in [0.717, 1.165) is 22.3 Å². The summed E-state index contributed by atoms with van der Waals surface area (Å²) in [5.74, 6) is 0. The van der Waals surface area contributed by atoms with Gasteiger partial charge in [-0.1, -0.05) is 71.8 Å². The van der Waals surface area contributed by atoms with Gasteiger partial charge in [0.1, 0.15) is 0 Å². The Morgan fingerprint density at radius 3 is 2.08 bits per heavy atom. The average Bonchev–Trinajstić information content (AvgIpc) is 2.63. The molecule has 132 valence electrons. The lowest BCUT2D eigenvalue weighted by atomic mass is 10.0. The number of nitrogens with zero attached hydrogens (tertiary/aromatic N) is 1.